The Bertz CT molecular complexity index is 266. The standard InChI is InChI=1S/C16H34N2O/c1-15(2)9-7-13(8-10-15)18(5)14(12-17)11-16(3,4)19-6/h13-14H,7-12,17H2,1-6H3. The second-order valence-electron chi connectivity index (χ2n) is 7.62. The summed E-state index contributed by atoms with van der Waals surface area (Å²) in [5.41, 5.74) is 6.44. The van der Waals surface area contributed by atoms with Crippen LogP contribution in [0.1, 0.15) is 59.8 Å². The molecule has 3 nitrogen and oxygen atoms in total. The fourth-order valence-corrected chi connectivity index (χ4v) is 3.13. The summed E-state index contributed by atoms with van der Waals surface area (Å²) < 4.78 is 5.56. The molecular formula is C16H34N2O. The molecule has 1 aliphatic rings. The van der Waals surface area contributed by atoms with Crippen molar-refractivity contribution >= 4 is 0 Å². The van der Waals surface area contributed by atoms with E-state index in [1.165, 1.54) is 25.7 Å². The number of hydrogen-bond acceptors (Lipinski definition) is 3. The van der Waals surface area contributed by atoms with Gasteiger partial charge in [-0.3, -0.25) is 4.90 Å². The van der Waals surface area contributed by atoms with Gasteiger partial charge in [0.15, 0.2) is 0 Å². The van der Waals surface area contributed by atoms with E-state index >= 15 is 0 Å². The van der Waals surface area contributed by atoms with Gasteiger partial charge in [0.2, 0.25) is 0 Å². The van der Waals surface area contributed by atoms with Crippen LogP contribution in [-0.2, 0) is 4.74 Å². The molecule has 3 heteroatoms. The number of rotatable bonds is 6. The van der Waals surface area contributed by atoms with Gasteiger partial charge < -0.3 is 10.5 Å². The average molecular weight is 270 g/mol. The highest BCUT2D eigenvalue weighted by Crippen LogP contribution is 2.37. The van der Waals surface area contributed by atoms with Crippen LogP contribution < -0.4 is 5.73 Å². The molecular weight excluding hydrogens is 236 g/mol. The van der Waals surface area contributed by atoms with Gasteiger partial charge in [0.1, 0.15) is 0 Å². The minimum absolute atomic E-state index is 0.0910. The lowest BCUT2D eigenvalue weighted by atomic mass is 9.75. The summed E-state index contributed by atoms with van der Waals surface area (Å²) in [5.74, 6) is 0. The van der Waals surface area contributed by atoms with Crippen LogP contribution in [0.15, 0.2) is 0 Å². The summed E-state index contributed by atoms with van der Waals surface area (Å²) in [6, 6.07) is 1.11. The third-order valence-corrected chi connectivity index (χ3v) is 5.01. The van der Waals surface area contributed by atoms with Gasteiger partial charge in [-0.15, -0.1) is 0 Å². The molecule has 0 aromatic carbocycles. The third-order valence-electron chi connectivity index (χ3n) is 5.01. The maximum atomic E-state index is 6.00. The highest BCUT2D eigenvalue weighted by Gasteiger charge is 2.33. The number of likely N-dealkylation sites (N-methyl/N-ethyl adjacent to an activating group) is 1. The molecule has 1 atom stereocenters. The Hall–Kier alpha value is -0.120. The van der Waals surface area contributed by atoms with E-state index in [1.807, 2.05) is 0 Å². The molecule has 0 radical (unpaired) electrons. The monoisotopic (exact) mass is 270 g/mol. The first kappa shape index (κ1) is 16.9. The molecule has 19 heavy (non-hydrogen) atoms. The molecule has 1 fully saturated rings. The first-order valence-electron chi connectivity index (χ1n) is 7.68. The molecule has 0 aliphatic heterocycles. The first-order valence-corrected chi connectivity index (χ1v) is 7.68. The van der Waals surface area contributed by atoms with E-state index in [-0.39, 0.29) is 5.60 Å². The Balaban J connectivity index is 2.57. The maximum absolute atomic E-state index is 6.00. The highest BCUT2D eigenvalue weighted by atomic mass is 16.5. The molecule has 0 aromatic heterocycles. The van der Waals surface area contributed by atoms with E-state index in [0.29, 0.717) is 24.0 Å². The lowest BCUT2D eigenvalue weighted by molar-refractivity contribution is -0.0146. The predicted octanol–water partition coefficient (Wildman–Crippen LogP) is 3.03. The minimum atomic E-state index is -0.0910. The van der Waals surface area contributed by atoms with Crippen molar-refractivity contribution in [1.29, 1.82) is 0 Å². The van der Waals surface area contributed by atoms with Gasteiger partial charge >= 0.3 is 0 Å². The van der Waals surface area contributed by atoms with Gasteiger partial charge in [-0.1, -0.05) is 13.8 Å². The van der Waals surface area contributed by atoms with Crippen LogP contribution in [0.2, 0.25) is 0 Å². The molecule has 114 valence electrons. The summed E-state index contributed by atoms with van der Waals surface area (Å²) in [6.07, 6.45) is 6.25. The third kappa shape index (κ3) is 5.05. The van der Waals surface area contributed by atoms with E-state index in [2.05, 4.69) is 39.6 Å². The van der Waals surface area contributed by atoms with Gasteiger partial charge in [-0.05, 0) is 58.4 Å². The number of nitrogens with zero attached hydrogens (tertiary/aromatic N) is 1. The van der Waals surface area contributed by atoms with Crippen LogP contribution in [0.3, 0.4) is 0 Å². The Morgan fingerprint density at radius 2 is 1.84 bits per heavy atom. The molecule has 1 aliphatic carbocycles. The van der Waals surface area contributed by atoms with Gasteiger partial charge in [-0.2, -0.15) is 0 Å². The fourth-order valence-electron chi connectivity index (χ4n) is 3.13. The normalized spacial score (nSPS) is 22.7. The van der Waals surface area contributed by atoms with Crippen molar-refractivity contribution in [2.45, 2.75) is 77.5 Å². The predicted molar refractivity (Wildman–Crippen MR) is 82.3 cm³/mol. The van der Waals surface area contributed by atoms with Gasteiger partial charge in [0.25, 0.3) is 0 Å². The Kier molecular flexibility index (Phi) is 5.84. The Morgan fingerprint density at radius 1 is 1.32 bits per heavy atom. The van der Waals surface area contributed by atoms with Crippen LogP contribution in [0.4, 0.5) is 0 Å². The summed E-state index contributed by atoms with van der Waals surface area (Å²) >= 11 is 0. The van der Waals surface area contributed by atoms with Crippen molar-refractivity contribution in [3.63, 3.8) is 0 Å². The number of ether oxygens (including phenoxy) is 1. The van der Waals surface area contributed by atoms with Crippen LogP contribution in [0.25, 0.3) is 0 Å². The van der Waals surface area contributed by atoms with Gasteiger partial charge in [0, 0.05) is 25.7 Å². The molecule has 1 rings (SSSR count). The maximum Gasteiger partial charge on any atom is 0.0638 e. The zero-order valence-electron chi connectivity index (χ0n) is 13.8. The summed E-state index contributed by atoms with van der Waals surface area (Å²) in [5, 5.41) is 0. The van der Waals surface area contributed by atoms with Crippen molar-refractivity contribution in [1.82, 2.24) is 4.90 Å². The quantitative estimate of drug-likeness (QED) is 0.806. The smallest absolute Gasteiger partial charge is 0.0638 e. The van der Waals surface area contributed by atoms with Crippen molar-refractivity contribution in [2.75, 3.05) is 20.7 Å². The number of methoxy groups -OCH3 is 1. The van der Waals surface area contributed by atoms with E-state index in [1.54, 1.807) is 7.11 Å². The zero-order valence-corrected chi connectivity index (χ0v) is 13.8. The molecule has 0 bridgehead atoms. The fraction of sp³-hybridized carbons (Fsp3) is 1.00. The van der Waals surface area contributed by atoms with Crippen molar-refractivity contribution in [2.24, 2.45) is 11.1 Å². The largest absolute Gasteiger partial charge is 0.379 e. The second-order valence-corrected chi connectivity index (χ2v) is 7.62. The topological polar surface area (TPSA) is 38.5 Å². The molecule has 0 amide bonds. The summed E-state index contributed by atoms with van der Waals surface area (Å²) in [6.45, 7) is 9.78. The molecule has 0 spiro atoms. The van der Waals surface area contributed by atoms with Crippen molar-refractivity contribution in [3.8, 4) is 0 Å². The molecule has 1 saturated carbocycles. The van der Waals surface area contributed by atoms with E-state index in [4.69, 9.17) is 10.5 Å². The van der Waals surface area contributed by atoms with E-state index in [9.17, 15) is 0 Å². The number of hydrogen-bond donors (Lipinski definition) is 1. The average Bonchev–Trinajstić information content (AvgIpc) is 2.35. The first-order chi connectivity index (χ1) is 8.71. The van der Waals surface area contributed by atoms with Crippen LogP contribution in [0.5, 0.6) is 0 Å². The van der Waals surface area contributed by atoms with E-state index < -0.39 is 0 Å². The zero-order chi connectivity index (χ0) is 14.7. The SMILES string of the molecule is COC(C)(C)CC(CN)N(C)C1CCC(C)(C)CC1. The Morgan fingerprint density at radius 3 is 2.26 bits per heavy atom. The van der Waals surface area contributed by atoms with Crippen LogP contribution in [-0.4, -0.2) is 43.3 Å². The van der Waals surface area contributed by atoms with Crippen LogP contribution in [0, 0.1) is 5.41 Å². The molecule has 2 N–H and O–H groups in total. The number of nitrogens with two attached hydrogens (primary N) is 1. The summed E-state index contributed by atoms with van der Waals surface area (Å²) in [7, 11) is 4.03. The van der Waals surface area contributed by atoms with Crippen LogP contribution >= 0.6 is 0 Å². The second kappa shape index (κ2) is 6.55. The molecule has 0 heterocycles. The minimum Gasteiger partial charge on any atom is -0.379 e. The lowest BCUT2D eigenvalue weighted by Crippen LogP contribution is -2.49. The van der Waals surface area contributed by atoms with E-state index in [0.717, 1.165) is 6.42 Å². The molecule has 1 unspecified atom stereocenters. The molecule has 0 aromatic rings. The highest BCUT2D eigenvalue weighted by molar-refractivity contribution is 4.88. The van der Waals surface area contributed by atoms with Gasteiger partial charge in [0.05, 0.1) is 5.60 Å². The van der Waals surface area contributed by atoms with Crippen molar-refractivity contribution in [3.05, 3.63) is 0 Å². The summed E-state index contributed by atoms with van der Waals surface area (Å²) in [4.78, 5) is 2.51. The van der Waals surface area contributed by atoms with Crippen molar-refractivity contribution < 1.29 is 4.74 Å². The molecule has 0 saturated heterocycles. The lowest BCUT2D eigenvalue weighted by Gasteiger charge is -2.43. The Labute approximate surface area is 119 Å². The van der Waals surface area contributed by atoms with Gasteiger partial charge in [-0.25, -0.2) is 0 Å².